The van der Waals surface area contributed by atoms with Gasteiger partial charge in [-0.15, -0.1) is 0 Å². The van der Waals surface area contributed by atoms with Crippen molar-refractivity contribution >= 4 is 51.0 Å². The number of ether oxygens (including phenoxy) is 3. The van der Waals surface area contributed by atoms with E-state index in [0.29, 0.717) is 33.0 Å². The average Bonchev–Trinajstić information content (AvgIpc) is 3.52. The minimum atomic E-state index is -0.835. The van der Waals surface area contributed by atoms with Crippen LogP contribution in [0.25, 0.3) is 27.8 Å². The third-order valence-corrected chi connectivity index (χ3v) is 8.63. The molecule has 0 amide bonds. The van der Waals surface area contributed by atoms with Crippen LogP contribution in [0.4, 0.5) is 0 Å². The molecule has 1 atom stereocenters. The van der Waals surface area contributed by atoms with Crippen molar-refractivity contribution in [3.63, 3.8) is 0 Å². The van der Waals surface area contributed by atoms with Gasteiger partial charge in [-0.1, -0.05) is 59.9 Å². The number of allylic oxidation sites excluding steroid dienone is 1. The lowest BCUT2D eigenvalue weighted by molar-refractivity contribution is -0.143. The van der Waals surface area contributed by atoms with Crippen molar-refractivity contribution in [2.24, 2.45) is 4.99 Å². The highest BCUT2D eigenvalue weighted by Gasteiger charge is 2.36. The monoisotopic (exact) mass is 609 g/mol. The van der Waals surface area contributed by atoms with Crippen LogP contribution in [0.1, 0.15) is 37.9 Å². The highest BCUT2D eigenvalue weighted by atomic mass is 32.1. The zero-order valence-electron chi connectivity index (χ0n) is 24.8. The predicted octanol–water partition coefficient (Wildman–Crippen LogP) is 4.48. The number of esters is 2. The van der Waals surface area contributed by atoms with E-state index in [1.165, 1.54) is 11.3 Å². The van der Waals surface area contributed by atoms with Gasteiger partial charge in [0, 0.05) is 28.2 Å². The lowest BCUT2D eigenvalue weighted by Crippen LogP contribution is -2.40. The number of nitrogens with zero attached hydrogens (tertiary/aromatic N) is 3. The molecule has 0 spiro atoms. The molecule has 1 aliphatic rings. The van der Waals surface area contributed by atoms with Gasteiger partial charge in [0.05, 0.1) is 36.1 Å². The van der Waals surface area contributed by atoms with Crippen LogP contribution in [-0.4, -0.2) is 41.4 Å². The van der Waals surface area contributed by atoms with Crippen LogP contribution in [0.15, 0.2) is 87.9 Å². The van der Waals surface area contributed by atoms with Gasteiger partial charge in [0.1, 0.15) is 18.3 Å². The molecule has 3 aromatic carbocycles. The molecule has 224 valence electrons. The molecule has 3 heterocycles. The van der Waals surface area contributed by atoms with Gasteiger partial charge in [-0.05, 0) is 49.8 Å². The molecule has 0 unspecified atom stereocenters. The second-order valence-corrected chi connectivity index (χ2v) is 11.2. The van der Waals surface area contributed by atoms with Gasteiger partial charge in [0.15, 0.2) is 4.80 Å². The van der Waals surface area contributed by atoms with E-state index in [1.54, 1.807) is 32.4 Å². The molecule has 0 fully saturated rings. The summed E-state index contributed by atoms with van der Waals surface area (Å²) in [5, 5.41) is 2.68. The van der Waals surface area contributed by atoms with Crippen LogP contribution >= 0.6 is 11.3 Å². The van der Waals surface area contributed by atoms with Gasteiger partial charge in [-0.3, -0.25) is 14.2 Å². The molecule has 0 saturated carbocycles. The second kappa shape index (κ2) is 12.0. The summed E-state index contributed by atoms with van der Waals surface area (Å²) >= 11 is 1.25. The van der Waals surface area contributed by atoms with Gasteiger partial charge in [0.2, 0.25) is 0 Å². The number of benzene rings is 3. The third-order valence-electron chi connectivity index (χ3n) is 7.65. The number of fused-ring (bicyclic) bond motifs is 3. The van der Waals surface area contributed by atoms with E-state index in [9.17, 15) is 14.4 Å². The Morgan fingerprint density at radius 1 is 0.977 bits per heavy atom. The molecular formula is C34H31N3O6S. The van der Waals surface area contributed by atoms with Gasteiger partial charge in [0.25, 0.3) is 5.56 Å². The lowest BCUT2D eigenvalue weighted by Gasteiger charge is -2.27. The summed E-state index contributed by atoms with van der Waals surface area (Å²) in [6.07, 6.45) is 3.66. The van der Waals surface area contributed by atoms with Gasteiger partial charge >= 0.3 is 11.9 Å². The molecule has 2 aromatic heterocycles. The van der Waals surface area contributed by atoms with Crippen molar-refractivity contribution < 1.29 is 23.8 Å². The third kappa shape index (κ3) is 5.01. The Kier molecular flexibility index (Phi) is 7.92. The first-order valence-corrected chi connectivity index (χ1v) is 15.2. The first kappa shape index (κ1) is 29.1. The summed E-state index contributed by atoms with van der Waals surface area (Å²) in [6, 6.07) is 18.5. The smallest absolute Gasteiger partial charge is 0.338 e. The molecule has 6 rings (SSSR count). The second-order valence-electron chi connectivity index (χ2n) is 10.2. The number of carbonyl (C=O) groups is 2. The largest absolute Gasteiger partial charge is 0.496 e. The molecule has 0 bridgehead atoms. The lowest BCUT2D eigenvalue weighted by atomic mass is 9.90. The number of rotatable bonds is 8. The van der Waals surface area contributed by atoms with Crippen LogP contribution in [0, 0.1) is 0 Å². The first-order chi connectivity index (χ1) is 21.4. The Morgan fingerprint density at radius 3 is 2.45 bits per heavy atom. The Bertz CT molecular complexity index is 2150. The highest BCUT2D eigenvalue weighted by Crippen LogP contribution is 2.40. The Hall–Kier alpha value is -4.96. The van der Waals surface area contributed by atoms with E-state index in [1.807, 2.05) is 77.5 Å². The molecule has 5 aromatic rings. The summed E-state index contributed by atoms with van der Waals surface area (Å²) in [4.78, 5) is 45.4. The predicted molar refractivity (Wildman–Crippen MR) is 169 cm³/mol. The quantitative estimate of drug-likeness (QED) is 0.241. The fraction of sp³-hybridized carbons (Fsp3) is 0.235. The summed E-state index contributed by atoms with van der Waals surface area (Å²) < 4.78 is 20.3. The van der Waals surface area contributed by atoms with Crippen molar-refractivity contribution in [3.05, 3.63) is 109 Å². The summed E-state index contributed by atoms with van der Waals surface area (Å²) in [7, 11) is 1.57. The topological polar surface area (TPSA) is 101 Å². The van der Waals surface area contributed by atoms with Crippen LogP contribution in [0.3, 0.4) is 0 Å². The normalized spacial score (nSPS) is 14.9. The average molecular weight is 610 g/mol. The molecule has 0 aliphatic carbocycles. The number of methoxy groups -OCH3 is 1. The van der Waals surface area contributed by atoms with E-state index in [0.717, 1.165) is 27.2 Å². The number of thiazole rings is 1. The molecule has 44 heavy (non-hydrogen) atoms. The molecule has 1 aliphatic heterocycles. The summed E-state index contributed by atoms with van der Waals surface area (Å²) in [5.74, 6) is -0.336. The molecule has 0 N–H and O–H groups in total. The van der Waals surface area contributed by atoms with Crippen LogP contribution in [0.2, 0.25) is 0 Å². The van der Waals surface area contributed by atoms with E-state index >= 15 is 0 Å². The van der Waals surface area contributed by atoms with E-state index in [-0.39, 0.29) is 30.3 Å². The maximum absolute atomic E-state index is 14.4. The van der Waals surface area contributed by atoms with Crippen LogP contribution < -0.4 is 19.6 Å². The van der Waals surface area contributed by atoms with Crippen LogP contribution in [-0.2, 0) is 25.6 Å². The number of para-hydroxylation sites is 1. The fourth-order valence-corrected chi connectivity index (χ4v) is 6.85. The van der Waals surface area contributed by atoms with Crippen molar-refractivity contribution in [1.82, 2.24) is 9.13 Å². The standard InChI is InChI=1S/C34H31N3O6S/c1-5-42-28(38)19-36-18-22(23-12-9-10-14-25(23)36)17-27-32(39)37-31(29(33(40)43-6-2)20(3)35-34(37)44-27)30-24-13-8-7-11-21(24)15-16-26(30)41-4/h7-18,31H,5-6,19H2,1-4H3/b27-17-/t31-/m0/s1. The van der Waals surface area contributed by atoms with Crippen molar-refractivity contribution in [2.75, 3.05) is 20.3 Å². The van der Waals surface area contributed by atoms with Crippen molar-refractivity contribution in [1.29, 1.82) is 0 Å². The van der Waals surface area contributed by atoms with Crippen LogP contribution in [0.5, 0.6) is 5.75 Å². The SMILES string of the molecule is CCOC(=O)Cn1cc(/C=c2\sc3n(c2=O)[C@H](c2c(OC)ccc4ccccc24)C(C(=O)OCC)=C(C)N=3)c2ccccc21. The Morgan fingerprint density at radius 2 is 1.70 bits per heavy atom. The first-order valence-electron chi connectivity index (χ1n) is 14.3. The van der Waals surface area contributed by atoms with E-state index < -0.39 is 12.0 Å². The minimum absolute atomic E-state index is 0.0480. The Balaban J connectivity index is 1.60. The summed E-state index contributed by atoms with van der Waals surface area (Å²) in [6.45, 7) is 5.79. The minimum Gasteiger partial charge on any atom is -0.496 e. The van der Waals surface area contributed by atoms with Gasteiger partial charge in [-0.25, -0.2) is 9.79 Å². The van der Waals surface area contributed by atoms with Gasteiger partial charge < -0.3 is 18.8 Å². The number of hydrogen-bond acceptors (Lipinski definition) is 8. The van der Waals surface area contributed by atoms with Crippen molar-refractivity contribution in [2.45, 2.75) is 33.4 Å². The number of carbonyl (C=O) groups excluding carboxylic acids is 2. The number of hydrogen-bond donors (Lipinski definition) is 0. The van der Waals surface area contributed by atoms with E-state index in [4.69, 9.17) is 19.2 Å². The summed E-state index contributed by atoms with van der Waals surface area (Å²) in [5.41, 5.74) is 2.76. The molecular weight excluding hydrogens is 578 g/mol. The zero-order chi connectivity index (χ0) is 31.0. The maximum atomic E-state index is 14.4. The molecule has 9 nitrogen and oxygen atoms in total. The highest BCUT2D eigenvalue weighted by molar-refractivity contribution is 7.07. The number of aromatic nitrogens is 2. The zero-order valence-corrected chi connectivity index (χ0v) is 25.6. The van der Waals surface area contributed by atoms with Gasteiger partial charge in [-0.2, -0.15) is 0 Å². The maximum Gasteiger partial charge on any atom is 0.338 e. The van der Waals surface area contributed by atoms with E-state index in [2.05, 4.69) is 0 Å². The molecule has 0 radical (unpaired) electrons. The molecule has 10 heteroatoms. The molecule has 0 saturated heterocycles. The van der Waals surface area contributed by atoms with Crippen molar-refractivity contribution in [3.8, 4) is 5.75 Å². The Labute approximate surface area is 256 Å². The fourth-order valence-electron chi connectivity index (χ4n) is 5.81.